The Morgan fingerprint density at radius 2 is 1.96 bits per heavy atom. The molecule has 2 N–H and O–H groups in total. The molecule has 3 rings (SSSR count). The fourth-order valence-corrected chi connectivity index (χ4v) is 2.34. The van der Waals surface area contributed by atoms with Gasteiger partial charge in [-0.2, -0.15) is 0 Å². The lowest BCUT2D eigenvalue weighted by Crippen LogP contribution is -2.27. The third-order valence-electron chi connectivity index (χ3n) is 3.77. The number of benzene rings is 1. The van der Waals surface area contributed by atoms with Crippen LogP contribution in [0.4, 0.5) is 0 Å². The van der Waals surface area contributed by atoms with Crippen LogP contribution in [0.5, 0.6) is 0 Å². The number of aromatic nitrogens is 3. The Hall–Kier alpha value is -3.02. The zero-order valence-corrected chi connectivity index (χ0v) is 12.9. The Bertz CT molecular complexity index is 932. The zero-order valence-electron chi connectivity index (χ0n) is 12.9. The Morgan fingerprint density at radius 3 is 2.70 bits per heavy atom. The van der Waals surface area contributed by atoms with Crippen molar-refractivity contribution in [2.24, 2.45) is 0 Å². The van der Waals surface area contributed by atoms with Crippen molar-refractivity contribution in [2.45, 2.75) is 20.4 Å². The van der Waals surface area contributed by atoms with Gasteiger partial charge in [0, 0.05) is 30.0 Å². The fraction of sp³-hybridized carbons (Fsp3) is 0.176. The van der Waals surface area contributed by atoms with Gasteiger partial charge in [0.1, 0.15) is 5.69 Å². The van der Waals surface area contributed by atoms with E-state index in [1.165, 1.54) is 18.6 Å². The molecule has 0 saturated heterocycles. The van der Waals surface area contributed by atoms with Gasteiger partial charge in [0.05, 0.1) is 6.20 Å². The summed E-state index contributed by atoms with van der Waals surface area (Å²) < 4.78 is 0. The smallest absolute Gasteiger partial charge is 0.271 e. The van der Waals surface area contributed by atoms with Crippen LogP contribution >= 0.6 is 0 Å². The molecule has 0 aliphatic rings. The first-order valence-electron chi connectivity index (χ1n) is 7.22. The number of carbonyl (C=O) groups is 1. The minimum atomic E-state index is -0.363. The Kier molecular flexibility index (Phi) is 3.89. The van der Waals surface area contributed by atoms with E-state index in [2.05, 4.69) is 20.3 Å². The van der Waals surface area contributed by atoms with Gasteiger partial charge in [0.25, 0.3) is 11.5 Å². The summed E-state index contributed by atoms with van der Waals surface area (Å²) in [6.45, 7) is 4.16. The van der Waals surface area contributed by atoms with Gasteiger partial charge in [0.15, 0.2) is 0 Å². The SMILES string of the molecule is Cc1cc2cc(CNC(=O)c3cnccn3)c(=O)[nH]c2cc1C. The third kappa shape index (κ3) is 3.11. The van der Waals surface area contributed by atoms with Crippen molar-refractivity contribution < 1.29 is 4.79 Å². The van der Waals surface area contributed by atoms with E-state index in [-0.39, 0.29) is 23.7 Å². The van der Waals surface area contributed by atoms with Crippen molar-refractivity contribution in [3.05, 3.63) is 69.5 Å². The van der Waals surface area contributed by atoms with Gasteiger partial charge in [-0.05, 0) is 48.6 Å². The molecule has 0 fully saturated rings. The Labute approximate surface area is 132 Å². The largest absolute Gasteiger partial charge is 0.346 e. The fourth-order valence-electron chi connectivity index (χ4n) is 2.34. The highest BCUT2D eigenvalue weighted by Gasteiger charge is 2.09. The van der Waals surface area contributed by atoms with Crippen LogP contribution in [0.3, 0.4) is 0 Å². The first kappa shape index (κ1) is 14.9. The van der Waals surface area contributed by atoms with Crippen molar-refractivity contribution in [3.63, 3.8) is 0 Å². The number of amides is 1. The van der Waals surface area contributed by atoms with Crippen LogP contribution in [0.15, 0.2) is 41.6 Å². The van der Waals surface area contributed by atoms with E-state index in [1.54, 1.807) is 6.07 Å². The molecule has 0 unspecified atom stereocenters. The molecule has 0 saturated carbocycles. The number of hydrogen-bond acceptors (Lipinski definition) is 4. The second-order valence-electron chi connectivity index (χ2n) is 5.42. The monoisotopic (exact) mass is 308 g/mol. The molecular weight excluding hydrogens is 292 g/mol. The van der Waals surface area contributed by atoms with Gasteiger partial charge < -0.3 is 10.3 Å². The maximum Gasteiger partial charge on any atom is 0.271 e. The van der Waals surface area contributed by atoms with Gasteiger partial charge in [-0.25, -0.2) is 4.98 Å². The molecule has 0 radical (unpaired) electrons. The summed E-state index contributed by atoms with van der Waals surface area (Å²) in [4.78, 5) is 34.7. The van der Waals surface area contributed by atoms with Gasteiger partial charge in [-0.15, -0.1) is 0 Å². The Morgan fingerprint density at radius 1 is 1.17 bits per heavy atom. The maximum absolute atomic E-state index is 12.1. The molecule has 0 aliphatic heterocycles. The molecule has 6 heteroatoms. The molecule has 2 heterocycles. The van der Waals surface area contributed by atoms with Crippen LogP contribution < -0.4 is 10.9 Å². The molecule has 0 bridgehead atoms. The number of aryl methyl sites for hydroxylation is 2. The second kappa shape index (κ2) is 6.00. The van der Waals surface area contributed by atoms with Crippen molar-refractivity contribution >= 4 is 16.8 Å². The number of rotatable bonds is 3. The number of aromatic amines is 1. The molecule has 6 nitrogen and oxygen atoms in total. The molecule has 0 aliphatic carbocycles. The quantitative estimate of drug-likeness (QED) is 0.773. The summed E-state index contributed by atoms with van der Waals surface area (Å²) in [5.41, 5.74) is 3.58. The summed E-state index contributed by atoms with van der Waals surface area (Å²) in [7, 11) is 0. The first-order chi connectivity index (χ1) is 11.0. The van der Waals surface area contributed by atoms with Crippen molar-refractivity contribution in [2.75, 3.05) is 0 Å². The highest BCUT2D eigenvalue weighted by Crippen LogP contribution is 2.17. The van der Waals surface area contributed by atoms with E-state index in [9.17, 15) is 9.59 Å². The number of H-pyrrole nitrogens is 1. The van der Waals surface area contributed by atoms with Crippen molar-refractivity contribution in [3.8, 4) is 0 Å². The molecule has 2 aromatic heterocycles. The molecule has 1 aromatic carbocycles. The van der Waals surface area contributed by atoms with Gasteiger partial charge in [-0.1, -0.05) is 0 Å². The molecule has 0 atom stereocenters. The molecule has 116 valence electrons. The zero-order chi connectivity index (χ0) is 16.4. The number of pyridine rings is 1. The number of nitrogens with one attached hydrogen (secondary N) is 2. The summed E-state index contributed by atoms with van der Waals surface area (Å²) in [6, 6.07) is 5.78. The van der Waals surface area contributed by atoms with Crippen molar-refractivity contribution in [1.82, 2.24) is 20.3 Å². The predicted molar refractivity (Wildman–Crippen MR) is 87.2 cm³/mol. The van der Waals surface area contributed by atoms with Crippen LogP contribution in [-0.2, 0) is 6.54 Å². The molecule has 23 heavy (non-hydrogen) atoms. The summed E-state index contributed by atoms with van der Waals surface area (Å²) in [6.07, 6.45) is 4.32. The number of nitrogens with zero attached hydrogens (tertiary/aromatic N) is 2. The molecular formula is C17H16N4O2. The number of carbonyl (C=O) groups excluding carboxylic acids is 1. The van der Waals surface area contributed by atoms with Crippen LogP contribution in [0.2, 0.25) is 0 Å². The van der Waals surface area contributed by atoms with Crippen LogP contribution in [-0.4, -0.2) is 20.9 Å². The number of hydrogen-bond donors (Lipinski definition) is 2. The summed E-state index contributed by atoms with van der Waals surface area (Å²) in [5.74, 6) is -0.363. The van der Waals surface area contributed by atoms with E-state index in [0.717, 1.165) is 22.0 Å². The average Bonchev–Trinajstić information content (AvgIpc) is 2.55. The standard InChI is InChI=1S/C17H16N4O2/c1-10-5-12-7-13(16(22)21-14(12)6-11(10)2)8-20-17(23)15-9-18-3-4-19-15/h3-7,9H,8H2,1-2H3,(H,20,23)(H,21,22). The van der Waals surface area contributed by atoms with Gasteiger partial charge in [-0.3, -0.25) is 14.6 Å². The molecule has 0 spiro atoms. The number of fused-ring (bicyclic) bond motifs is 1. The topological polar surface area (TPSA) is 87.7 Å². The van der Waals surface area contributed by atoms with Gasteiger partial charge >= 0.3 is 0 Å². The van der Waals surface area contributed by atoms with E-state index >= 15 is 0 Å². The minimum absolute atomic E-state index is 0.133. The minimum Gasteiger partial charge on any atom is -0.346 e. The van der Waals surface area contributed by atoms with Gasteiger partial charge in [0.2, 0.25) is 0 Å². The highest BCUT2D eigenvalue weighted by molar-refractivity contribution is 5.91. The average molecular weight is 308 g/mol. The highest BCUT2D eigenvalue weighted by atomic mass is 16.2. The lowest BCUT2D eigenvalue weighted by atomic mass is 10.0. The molecule has 1 amide bonds. The lowest BCUT2D eigenvalue weighted by Gasteiger charge is -2.07. The third-order valence-corrected chi connectivity index (χ3v) is 3.77. The molecule has 3 aromatic rings. The first-order valence-corrected chi connectivity index (χ1v) is 7.22. The second-order valence-corrected chi connectivity index (χ2v) is 5.42. The summed E-state index contributed by atoms with van der Waals surface area (Å²) >= 11 is 0. The van der Waals surface area contributed by atoms with Crippen molar-refractivity contribution in [1.29, 1.82) is 0 Å². The summed E-state index contributed by atoms with van der Waals surface area (Å²) in [5, 5.41) is 3.63. The van der Waals surface area contributed by atoms with Crippen LogP contribution in [0, 0.1) is 13.8 Å². The van der Waals surface area contributed by atoms with E-state index in [0.29, 0.717) is 5.56 Å². The Balaban J connectivity index is 1.86. The van der Waals surface area contributed by atoms with E-state index in [1.807, 2.05) is 26.0 Å². The van der Waals surface area contributed by atoms with Crippen LogP contribution in [0.1, 0.15) is 27.2 Å². The normalized spacial score (nSPS) is 10.7. The van der Waals surface area contributed by atoms with Crippen LogP contribution in [0.25, 0.3) is 10.9 Å². The van der Waals surface area contributed by atoms with E-state index < -0.39 is 0 Å². The lowest BCUT2D eigenvalue weighted by molar-refractivity contribution is 0.0945. The maximum atomic E-state index is 12.1. The van der Waals surface area contributed by atoms with E-state index in [4.69, 9.17) is 0 Å². The predicted octanol–water partition coefficient (Wildman–Crippen LogP) is 1.86.